The molecule has 0 aliphatic heterocycles. The molecule has 0 spiro atoms. The van der Waals surface area contributed by atoms with E-state index in [1.165, 1.54) is 16.7 Å². The van der Waals surface area contributed by atoms with Crippen LogP contribution in [0.25, 0.3) is 16.6 Å². The molecule has 0 atom stereocenters. The Labute approximate surface area is 178 Å². The summed E-state index contributed by atoms with van der Waals surface area (Å²) in [6.07, 6.45) is -4.50. The third-order valence-corrected chi connectivity index (χ3v) is 4.64. The minimum absolute atomic E-state index is 0.0414. The Kier molecular flexibility index (Phi) is 5.93. The van der Waals surface area contributed by atoms with Gasteiger partial charge in [0.1, 0.15) is 12.4 Å². The molecule has 0 bridgehead atoms. The van der Waals surface area contributed by atoms with Gasteiger partial charge in [0.2, 0.25) is 0 Å². The average Bonchev–Trinajstić information content (AvgIpc) is 2.65. The molecule has 1 heterocycles. The van der Waals surface area contributed by atoms with Crippen LogP contribution in [-0.2, 0) is 0 Å². The van der Waals surface area contributed by atoms with Gasteiger partial charge in [-0.05, 0) is 48.7 Å². The number of benzene rings is 2. The van der Waals surface area contributed by atoms with Crippen molar-refractivity contribution in [2.24, 2.45) is 5.41 Å². The molecule has 5 nitrogen and oxygen atoms in total. The molecular weight excluding hydrogens is 407 g/mol. The van der Waals surface area contributed by atoms with Crippen molar-refractivity contribution in [3.63, 3.8) is 0 Å². The van der Waals surface area contributed by atoms with Crippen LogP contribution in [-0.4, -0.2) is 39.6 Å². The second-order valence-corrected chi connectivity index (χ2v) is 8.70. The number of amides is 1. The molecule has 0 aliphatic rings. The van der Waals surface area contributed by atoms with E-state index in [0.717, 1.165) is 4.90 Å². The van der Waals surface area contributed by atoms with Gasteiger partial charge < -0.3 is 4.90 Å². The molecule has 0 aliphatic carbocycles. The standard InChI is InChI=1S/C23H24F3N3O2/c1-15-27-19-8-6-5-7-18(19)21(31)29(15)17-11-9-16(10-12-17)20(30)28(13-22(2,3)4)14-23(24,25)26/h5-12H,13-14H2,1-4H3. The smallest absolute Gasteiger partial charge is 0.329 e. The Morgan fingerprint density at radius 2 is 1.61 bits per heavy atom. The van der Waals surface area contributed by atoms with Crippen LogP contribution in [0.15, 0.2) is 53.3 Å². The first-order valence-electron chi connectivity index (χ1n) is 9.81. The molecule has 0 radical (unpaired) electrons. The average molecular weight is 431 g/mol. The molecule has 2 aromatic carbocycles. The third-order valence-electron chi connectivity index (χ3n) is 4.64. The van der Waals surface area contributed by atoms with E-state index in [4.69, 9.17) is 0 Å². The van der Waals surface area contributed by atoms with E-state index in [-0.39, 0.29) is 17.7 Å². The van der Waals surface area contributed by atoms with Crippen molar-refractivity contribution in [1.29, 1.82) is 0 Å². The predicted molar refractivity (Wildman–Crippen MR) is 113 cm³/mol. The normalized spacial score (nSPS) is 12.2. The van der Waals surface area contributed by atoms with Crippen molar-refractivity contribution in [2.75, 3.05) is 13.1 Å². The number of alkyl halides is 3. The van der Waals surface area contributed by atoms with Crippen molar-refractivity contribution < 1.29 is 18.0 Å². The lowest BCUT2D eigenvalue weighted by Gasteiger charge is -2.30. The van der Waals surface area contributed by atoms with Gasteiger partial charge in [0.25, 0.3) is 11.5 Å². The van der Waals surface area contributed by atoms with Gasteiger partial charge in [-0.1, -0.05) is 32.9 Å². The molecule has 8 heteroatoms. The molecule has 0 saturated heterocycles. The lowest BCUT2D eigenvalue weighted by Crippen LogP contribution is -2.43. The van der Waals surface area contributed by atoms with E-state index in [9.17, 15) is 22.8 Å². The van der Waals surface area contributed by atoms with Crippen LogP contribution in [0.5, 0.6) is 0 Å². The monoisotopic (exact) mass is 431 g/mol. The first kappa shape index (κ1) is 22.5. The number of nitrogens with zero attached hydrogens (tertiary/aromatic N) is 3. The summed E-state index contributed by atoms with van der Waals surface area (Å²) in [5, 5.41) is 0.454. The Bertz CT molecular complexity index is 1140. The molecule has 0 N–H and O–H groups in total. The fraction of sp³-hybridized carbons (Fsp3) is 0.348. The molecule has 3 rings (SSSR count). The number of fused-ring (bicyclic) bond motifs is 1. The zero-order chi connectivity index (χ0) is 23.0. The van der Waals surface area contributed by atoms with Gasteiger partial charge in [0.15, 0.2) is 0 Å². The fourth-order valence-electron chi connectivity index (χ4n) is 3.47. The van der Waals surface area contributed by atoms with Gasteiger partial charge >= 0.3 is 6.18 Å². The number of hydrogen-bond acceptors (Lipinski definition) is 3. The summed E-state index contributed by atoms with van der Waals surface area (Å²) in [5.41, 5.74) is 0.431. The highest BCUT2D eigenvalue weighted by atomic mass is 19.4. The number of carbonyl (C=O) groups excluding carboxylic acids is 1. The summed E-state index contributed by atoms with van der Waals surface area (Å²) in [6, 6.07) is 12.9. The molecule has 0 fully saturated rings. The molecule has 1 aromatic heterocycles. The number of carbonyl (C=O) groups is 1. The van der Waals surface area contributed by atoms with Crippen molar-refractivity contribution in [3.05, 3.63) is 70.3 Å². The SMILES string of the molecule is Cc1nc2ccccc2c(=O)n1-c1ccc(C(=O)N(CC(C)(C)C)CC(F)(F)F)cc1. The fourth-order valence-corrected chi connectivity index (χ4v) is 3.47. The Morgan fingerprint density at radius 1 is 1.00 bits per heavy atom. The first-order chi connectivity index (χ1) is 14.4. The van der Waals surface area contributed by atoms with E-state index in [0.29, 0.717) is 22.4 Å². The Balaban J connectivity index is 1.96. The lowest BCUT2D eigenvalue weighted by molar-refractivity contribution is -0.142. The van der Waals surface area contributed by atoms with Gasteiger partial charge in [-0.25, -0.2) is 4.98 Å². The van der Waals surface area contributed by atoms with Crippen molar-refractivity contribution >= 4 is 16.8 Å². The summed E-state index contributed by atoms with van der Waals surface area (Å²) in [5.74, 6) is -0.242. The van der Waals surface area contributed by atoms with Crippen molar-refractivity contribution in [1.82, 2.24) is 14.5 Å². The van der Waals surface area contributed by atoms with Crippen LogP contribution in [0.2, 0.25) is 0 Å². The molecular formula is C23H24F3N3O2. The third kappa shape index (κ3) is 5.31. The van der Waals surface area contributed by atoms with Crippen LogP contribution in [0, 0.1) is 12.3 Å². The number of aromatic nitrogens is 2. The van der Waals surface area contributed by atoms with Gasteiger partial charge in [0, 0.05) is 12.1 Å². The second kappa shape index (κ2) is 8.17. The van der Waals surface area contributed by atoms with Crippen molar-refractivity contribution in [3.8, 4) is 5.69 Å². The maximum Gasteiger partial charge on any atom is 0.406 e. The van der Waals surface area contributed by atoms with Crippen molar-refractivity contribution in [2.45, 2.75) is 33.9 Å². The first-order valence-corrected chi connectivity index (χ1v) is 9.81. The predicted octanol–water partition coefficient (Wildman–Crippen LogP) is 4.74. The number of hydrogen-bond donors (Lipinski definition) is 0. The second-order valence-electron chi connectivity index (χ2n) is 8.70. The van der Waals surface area contributed by atoms with E-state index in [1.54, 1.807) is 64.1 Å². The summed E-state index contributed by atoms with van der Waals surface area (Å²) in [6.45, 7) is 5.65. The quantitative estimate of drug-likeness (QED) is 0.599. The van der Waals surface area contributed by atoms with Crippen LogP contribution in [0.1, 0.15) is 37.0 Å². The molecule has 0 unspecified atom stereocenters. The maximum atomic E-state index is 13.0. The molecule has 164 valence electrons. The number of rotatable bonds is 4. The number of para-hydroxylation sites is 1. The summed E-state index contributed by atoms with van der Waals surface area (Å²) in [4.78, 5) is 31.0. The van der Waals surface area contributed by atoms with Crippen LogP contribution >= 0.6 is 0 Å². The lowest BCUT2D eigenvalue weighted by atomic mass is 9.95. The Hall–Kier alpha value is -3.16. The molecule has 3 aromatic rings. The number of aryl methyl sites for hydroxylation is 1. The van der Waals surface area contributed by atoms with Crippen LogP contribution < -0.4 is 5.56 Å². The largest absolute Gasteiger partial charge is 0.406 e. The topological polar surface area (TPSA) is 55.2 Å². The van der Waals surface area contributed by atoms with Crippen LogP contribution in [0.3, 0.4) is 0 Å². The summed E-state index contributed by atoms with van der Waals surface area (Å²) < 4.78 is 40.5. The maximum absolute atomic E-state index is 13.0. The van der Waals surface area contributed by atoms with E-state index in [1.807, 2.05) is 0 Å². The van der Waals surface area contributed by atoms with Gasteiger partial charge in [0.05, 0.1) is 16.6 Å². The van der Waals surface area contributed by atoms with E-state index >= 15 is 0 Å². The number of halogens is 3. The van der Waals surface area contributed by atoms with E-state index < -0.39 is 24.0 Å². The highest BCUT2D eigenvalue weighted by molar-refractivity contribution is 5.94. The minimum Gasteiger partial charge on any atom is -0.329 e. The zero-order valence-corrected chi connectivity index (χ0v) is 17.8. The van der Waals surface area contributed by atoms with Gasteiger partial charge in [-0.3, -0.25) is 14.2 Å². The summed E-state index contributed by atoms with van der Waals surface area (Å²) in [7, 11) is 0. The van der Waals surface area contributed by atoms with Gasteiger partial charge in [-0.15, -0.1) is 0 Å². The molecule has 0 saturated carbocycles. The van der Waals surface area contributed by atoms with Crippen LogP contribution in [0.4, 0.5) is 13.2 Å². The molecule has 1 amide bonds. The summed E-state index contributed by atoms with van der Waals surface area (Å²) >= 11 is 0. The highest BCUT2D eigenvalue weighted by Crippen LogP contribution is 2.23. The van der Waals surface area contributed by atoms with Gasteiger partial charge in [-0.2, -0.15) is 13.2 Å². The zero-order valence-electron chi connectivity index (χ0n) is 17.8. The Morgan fingerprint density at radius 3 is 2.19 bits per heavy atom. The highest BCUT2D eigenvalue weighted by Gasteiger charge is 2.35. The van der Waals surface area contributed by atoms with E-state index in [2.05, 4.69) is 4.98 Å². The molecule has 31 heavy (non-hydrogen) atoms. The minimum atomic E-state index is -4.50.